The molecule has 1 unspecified atom stereocenters. The molecule has 1 heterocycles. The molecule has 0 spiro atoms. The number of nitrogens with zero attached hydrogens (tertiary/aromatic N) is 2. The van der Waals surface area contributed by atoms with Crippen LogP contribution in [0.5, 0.6) is 5.75 Å². The summed E-state index contributed by atoms with van der Waals surface area (Å²) < 4.78 is 25.0. The molecule has 1 saturated heterocycles. The summed E-state index contributed by atoms with van der Waals surface area (Å²) in [5, 5.41) is 3.34. The monoisotopic (exact) mass is 479 g/mol. The molecular weight excluding hydrogens is 448 g/mol. The third kappa shape index (κ3) is 7.26. The maximum absolute atomic E-state index is 13.7. The summed E-state index contributed by atoms with van der Waals surface area (Å²) in [6.45, 7) is 9.91. The first-order valence-electron chi connectivity index (χ1n) is 9.20. The van der Waals surface area contributed by atoms with E-state index in [1.807, 2.05) is 13.8 Å². The molecule has 0 bridgehead atoms. The molecule has 1 N–H and O–H groups in total. The highest BCUT2D eigenvalue weighted by atomic mass is 127. The number of ether oxygens (including phenoxy) is 2. The van der Waals surface area contributed by atoms with Gasteiger partial charge in [-0.2, -0.15) is 0 Å². The molecule has 0 radical (unpaired) electrons. The lowest BCUT2D eigenvalue weighted by Gasteiger charge is -2.34. The lowest BCUT2D eigenvalue weighted by Crippen LogP contribution is -2.47. The maximum atomic E-state index is 13.7. The molecular formula is C19H31FIN3O2. The number of hydrogen-bond acceptors (Lipinski definition) is 3. The van der Waals surface area contributed by atoms with Gasteiger partial charge >= 0.3 is 0 Å². The minimum atomic E-state index is -0.344. The number of aliphatic imine (C=N–C) groups is 1. The molecule has 1 aromatic carbocycles. The molecule has 0 amide bonds. The highest BCUT2D eigenvalue weighted by Crippen LogP contribution is 2.17. The Bertz CT molecular complexity index is 551. The van der Waals surface area contributed by atoms with Gasteiger partial charge in [0, 0.05) is 26.2 Å². The summed E-state index contributed by atoms with van der Waals surface area (Å²) in [5.41, 5.74) is 0. The van der Waals surface area contributed by atoms with Gasteiger partial charge in [0.15, 0.2) is 17.5 Å². The zero-order chi connectivity index (χ0) is 18.1. The van der Waals surface area contributed by atoms with Crippen LogP contribution in [-0.4, -0.2) is 55.9 Å². The highest BCUT2D eigenvalue weighted by molar-refractivity contribution is 14.0. The normalized spacial score (nSPS) is 16.8. The Morgan fingerprint density at radius 1 is 1.31 bits per heavy atom. The summed E-state index contributed by atoms with van der Waals surface area (Å²) in [6.07, 6.45) is 2.18. The van der Waals surface area contributed by atoms with Crippen LogP contribution in [0.25, 0.3) is 0 Å². The van der Waals surface area contributed by atoms with Gasteiger partial charge in [-0.25, -0.2) is 9.38 Å². The SMILES string of the molecule is CCNC(=NCC(C)Oc1ccccc1F)N1CCC(OCC)CC1.I. The lowest BCUT2D eigenvalue weighted by atomic mass is 10.1. The molecule has 1 aliphatic rings. The smallest absolute Gasteiger partial charge is 0.194 e. The van der Waals surface area contributed by atoms with Crippen molar-refractivity contribution in [2.45, 2.75) is 45.8 Å². The van der Waals surface area contributed by atoms with Crippen LogP contribution in [0.15, 0.2) is 29.3 Å². The molecule has 7 heteroatoms. The minimum absolute atomic E-state index is 0. The van der Waals surface area contributed by atoms with Crippen LogP contribution < -0.4 is 10.1 Å². The second-order valence-electron chi connectivity index (χ2n) is 6.20. The van der Waals surface area contributed by atoms with Crippen LogP contribution >= 0.6 is 24.0 Å². The third-order valence-electron chi connectivity index (χ3n) is 4.14. The summed E-state index contributed by atoms with van der Waals surface area (Å²) in [7, 11) is 0. The first-order valence-corrected chi connectivity index (χ1v) is 9.20. The summed E-state index contributed by atoms with van der Waals surface area (Å²) in [5.74, 6) is 0.817. The molecule has 1 atom stereocenters. The number of rotatable bonds is 7. The second kappa shape index (κ2) is 12.3. The predicted octanol–water partition coefficient (Wildman–Crippen LogP) is 3.68. The van der Waals surface area contributed by atoms with Gasteiger partial charge in [-0.1, -0.05) is 12.1 Å². The van der Waals surface area contributed by atoms with Crippen molar-refractivity contribution >= 4 is 29.9 Å². The van der Waals surface area contributed by atoms with E-state index in [1.165, 1.54) is 6.07 Å². The Morgan fingerprint density at radius 3 is 2.62 bits per heavy atom. The number of para-hydroxylation sites is 1. The van der Waals surface area contributed by atoms with Crippen LogP contribution in [0.4, 0.5) is 4.39 Å². The van der Waals surface area contributed by atoms with Crippen LogP contribution in [-0.2, 0) is 4.74 Å². The Morgan fingerprint density at radius 2 is 2.00 bits per heavy atom. The van der Waals surface area contributed by atoms with Gasteiger partial charge in [0.2, 0.25) is 0 Å². The van der Waals surface area contributed by atoms with Gasteiger partial charge in [0.1, 0.15) is 6.10 Å². The van der Waals surface area contributed by atoms with E-state index in [0.717, 1.165) is 45.0 Å². The van der Waals surface area contributed by atoms with E-state index in [0.29, 0.717) is 12.6 Å². The molecule has 0 saturated carbocycles. The second-order valence-corrected chi connectivity index (χ2v) is 6.20. The molecule has 1 aromatic rings. The predicted molar refractivity (Wildman–Crippen MR) is 114 cm³/mol. The Kier molecular flexibility index (Phi) is 10.9. The first-order chi connectivity index (χ1) is 12.1. The number of guanidine groups is 1. The van der Waals surface area contributed by atoms with E-state index < -0.39 is 0 Å². The van der Waals surface area contributed by atoms with Gasteiger partial charge in [0.05, 0.1) is 12.6 Å². The van der Waals surface area contributed by atoms with Crippen LogP contribution in [0.2, 0.25) is 0 Å². The molecule has 148 valence electrons. The van der Waals surface area contributed by atoms with Gasteiger partial charge < -0.3 is 19.7 Å². The zero-order valence-corrected chi connectivity index (χ0v) is 18.2. The van der Waals surface area contributed by atoms with E-state index in [9.17, 15) is 4.39 Å². The van der Waals surface area contributed by atoms with E-state index in [1.54, 1.807) is 18.2 Å². The van der Waals surface area contributed by atoms with Crippen molar-refractivity contribution in [3.8, 4) is 5.75 Å². The van der Waals surface area contributed by atoms with E-state index in [4.69, 9.17) is 9.47 Å². The lowest BCUT2D eigenvalue weighted by molar-refractivity contribution is 0.0263. The van der Waals surface area contributed by atoms with Crippen molar-refractivity contribution in [2.24, 2.45) is 4.99 Å². The average molecular weight is 479 g/mol. The minimum Gasteiger partial charge on any atom is -0.486 e. The Hall–Kier alpha value is -1.09. The van der Waals surface area contributed by atoms with Gasteiger partial charge in [-0.05, 0) is 45.7 Å². The van der Waals surface area contributed by atoms with Crippen molar-refractivity contribution in [1.82, 2.24) is 10.2 Å². The molecule has 2 rings (SSSR count). The topological polar surface area (TPSA) is 46.1 Å². The van der Waals surface area contributed by atoms with Crippen LogP contribution in [0, 0.1) is 5.82 Å². The zero-order valence-electron chi connectivity index (χ0n) is 15.9. The number of hydrogen-bond donors (Lipinski definition) is 1. The van der Waals surface area contributed by atoms with Crippen molar-refractivity contribution in [3.05, 3.63) is 30.1 Å². The molecule has 1 fully saturated rings. The van der Waals surface area contributed by atoms with E-state index in [-0.39, 0.29) is 41.6 Å². The average Bonchev–Trinajstić information content (AvgIpc) is 2.62. The fourth-order valence-corrected chi connectivity index (χ4v) is 2.91. The summed E-state index contributed by atoms with van der Waals surface area (Å²) >= 11 is 0. The quantitative estimate of drug-likeness (QED) is 0.368. The summed E-state index contributed by atoms with van der Waals surface area (Å²) in [6, 6.07) is 6.46. The molecule has 1 aliphatic heterocycles. The molecule has 0 aromatic heterocycles. The molecule has 0 aliphatic carbocycles. The van der Waals surface area contributed by atoms with Crippen LogP contribution in [0.3, 0.4) is 0 Å². The van der Waals surface area contributed by atoms with Gasteiger partial charge in [-0.3, -0.25) is 0 Å². The Labute approximate surface area is 173 Å². The maximum Gasteiger partial charge on any atom is 0.194 e. The van der Waals surface area contributed by atoms with Crippen molar-refractivity contribution < 1.29 is 13.9 Å². The van der Waals surface area contributed by atoms with E-state index >= 15 is 0 Å². The van der Waals surface area contributed by atoms with Crippen molar-refractivity contribution in [2.75, 3.05) is 32.8 Å². The third-order valence-corrected chi connectivity index (χ3v) is 4.14. The first kappa shape index (κ1) is 23.0. The van der Waals surface area contributed by atoms with Gasteiger partial charge in [-0.15, -0.1) is 24.0 Å². The number of halogens is 2. The fourth-order valence-electron chi connectivity index (χ4n) is 2.91. The number of likely N-dealkylation sites (tertiary alicyclic amines) is 1. The highest BCUT2D eigenvalue weighted by Gasteiger charge is 2.21. The van der Waals surface area contributed by atoms with Gasteiger partial charge in [0.25, 0.3) is 0 Å². The molecule has 5 nitrogen and oxygen atoms in total. The number of nitrogens with one attached hydrogen (secondary N) is 1. The Balaban J connectivity index is 0.00000338. The number of piperidine rings is 1. The van der Waals surface area contributed by atoms with Crippen LogP contribution in [0.1, 0.15) is 33.6 Å². The van der Waals surface area contributed by atoms with E-state index in [2.05, 4.69) is 22.1 Å². The number of benzene rings is 1. The molecule has 26 heavy (non-hydrogen) atoms. The largest absolute Gasteiger partial charge is 0.486 e. The fraction of sp³-hybridized carbons (Fsp3) is 0.632. The summed E-state index contributed by atoms with van der Waals surface area (Å²) in [4.78, 5) is 6.94. The standard InChI is InChI=1S/C19H30FN3O2.HI/c1-4-21-19(23-12-10-16(11-13-23)24-5-2)22-14-15(3)25-18-9-7-6-8-17(18)20;/h6-9,15-16H,4-5,10-14H2,1-3H3,(H,21,22);1H. The van der Waals surface area contributed by atoms with Crippen molar-refractivity contribution in [3.63, 3.8) is 0 Å². The van der Waals surface area contributed by atoms with Crippen molar-refractivity contribution in [1.29, 1.82) is 0 Å².